The van der Waals surface area contributed by atoms with Gasteiger partial charge in [0.1, 0.15) is 0 Å². The summed E-state index contributed by atoms with van der Waals surface area (Å²) < 4.78 is 1.14. The lowest BCUT2D eigenvalue weighted by Crippen LogP contribution is -1.87. The quantitative estimate of drug-likeness (QED) is 0.754. The molecule has 0 aromatic heterocycles. The van der Waals surface area contributed by atoms with Crippen molar-refractivity contribution in [1.29, 1.82) is 0 Å². The fourth-order valence-electron chi connectivity index (χ4n) is 0.781. The number of rotatable bonds is 1. The van der Waals surface area contributed by atoms with Gasteiger partial charge in [0, 0.05) is 3.57 Å². The second-order valence-electron chi connectivity index (χ2n) is 2.25. The van der Waals surface area contributed by atoms with Gasteiger partial charge in [-0.25, -0.2) is 0 Å². The topological polar surface area (TPSA) is 20.2 Å². The van der Waals surface area contributed by atoms with Crippen molar-refractivity contribution in [3.8, 4) is 0 Å². The Morgan fingerprint density at radius 2 is 2.20 bits per heavy atom. The minimum Gasteiger partial charge on any atom is -0.392 e. The molecule has 0 aliphatic rings. The predicted octanol–water partition coefficient (Wildman–Crippen LogP) is 2.09. The third-order valence-corrected chi connectivity index (χ3v) is 2.38. The van der Waals surface area contributed by atoms with Crippen LogP contribution in [-0.4, -0.2) is 5.11 Å². The van der Waals surface area contributed by atoms with E-state index in [1.54, 1.807) is 0 Å². The van der Waals surface area contributed by atoms with E-state index in [9.17, 15) is 0 Å². The Bertz CT molecular complexity index is 233. The smallest absolute Gasteiger partial charge is 0.0692 e. The van der Waals surface area contributed by atoms with Crippen LogP contribution in [0.15, 0.2) is 18.2 Å². The molecule has 0 fully saturated rings. The molecule has 1 aromatic carbocycles. The van der Waals surface area contributed by atoms with Crippen LogP contribution < -0.4 is 0 Å². The van der Waals surface area contributed by atoms with Crippen molar-refractivity contribution in [2.75, 3.05) is 0 Å². The molecule has 1 rings (SSSR count). The van der Waals surface area contributed by atoms with Gasteiger partial charge in [0.25, 0.3) is 0 Å². The lowest BCUT2D eigenvalue weighted by molar-refractivity contribution is 0.281. The van der Waals surface area contributed by atoms with E-state index in [1.165, 1.54) is 5.56 Å². The van der Waals surface area contributed by atoms with Gasteiger partial charge in [-0.05, 0) is 41.1 Å². The van der Waals surface area contributed by atoms with Crippen LogP contribution in [0.1, 0.15) is 11.1 Å². The molecule has 0 amide bonds. The van der Waals surface area contributed by atoms with Crippen LogP contribution in [0.25, 0.3) is 0 Å². The summed E-state index contributed by atoms with van der Waals surface area (Å²) in [6.07, 6.45) is 0. The van der Waals surface area contributed by atoms with Crippen molar-refractivity contribution in [2.24, 2.45) is 0 Å². The van der Waals surface area contributed by atoms with Gasteiger partial charge in [0.2, 0.25) is 0 Å². The molecule has 0 aliphatic carbocycles. The highest BCUT2D eigenvalue weighted by Crippen LogP contribution is 2.13. The normalized spacial score (nSPS) is 9.90. The largest absolute Gasteiger partial charge is 0.392 e. The molecule has 1 aromatic rings. The van der Waals surface area contributed by atoms with Crippen molar-refractivity contribution < 1.29 is 5.11 Å². The van der Waals surface area contributed by atoms with Crippen molar-refractivity contribution in [3.63, 3.8) is 0 Å². The highest BCUT2D eigenvalue weighted by molar-refractivity contribution is 14.1. The maximum Gasteiger partial charge on any atom is 0.0692 e. The molecule has 10 heavy (non-hydrogen) atoms. The highest BCUT2D eigenvalue weighted by atomic mass is 127. The molecular formula is C8H9IO. The first kappa shape index (κ1) is 8.01. The summed E-state index contributed by atoms with van der Waals surface area (Å²) in [6, 6.07) is 6.02. The van der Waals surface area contributed by atoms with Crippen molar-refractivity contribution >= 4 is 22.6 Å². The van der Waals surface area contributed by atoms with E-state index in [0.29, 0.717) is 0 Å². The standard InChI is InChI=1S/C8H9IO/c1-6-2-3-7(5-10)8(9)4-6/h2-4,10H,5H2,1H3. The molecule has 0 unspecified atom stereocenters. The van der Waals surface area contributed by atoms with Gasteiger partial charge >= 0.3 is 0 Å². The van der Waals surface area contributed by atoms with Gasteiger partial charge in [0.05, 0.1) is 6.61 Å². The Labute approximate surface area is 74.2 Å². The first-order valence-electron chi connectivity index (χ1n) is 3.10. The van der Waals surface area contributed by atoms with Gasteiger partial charge in [-0.15, -0.1) is 0 Å². The number of aliphatic hydroxyl groups is 1. The first-order chi connectivity index (χ1) is 4.74. The van der Waals surface area contributed by atoms with Crippen LogP contribution in [-0.2, 0) is 6.61 Å². The third-order valence-electron chi connectivity index (χ3n) is 1.38. The number of benzene rings is 1. The van der Waals surface area contributed by atoms with Crippen molar-refractivity contribution in [2.45, 2.75) is 13.5 Å². The van der Waals surface area contributed by atoms with Crippen LogP contribution in [0.4, 0.5) is 0 Å². The molecular weight excluding hydrogens is 239 g/mol. The Morgan fingerprint density at radius 1 is 1.50 bits per heavy atom. The fourth-order valence-corrected chi connectivity index (χ4v) is 1.62. The van der Waals surface area contributed by atoms with E-state index in [-0.39, 0.29) is 6.61 Å². The molecule has 2 heteroatoms. The second kappa shape index (κ2) is 3.34. The minimum atomic E-state index is 0.137. The second-order valence-corrected chi connectivity index (χ2v) is 3.42. The van der Waals surface area contributed by atoms with E-state index in [2.05, 4.69) is 28.7 Å². The maximum absolute atomic E-state index is 8.80. The Balaban J connectivity index is 3.07. The average Bonchev–Trinajstić information content (AvgIpc) is 1.88. The number of aryl methyl sites for hydroxylation is 1. The van der Waals surface area contributed by atoms with E-state index in [1.807, 2.05) is 19.1 Å². The van der Waals surface area contributed by atoms with Gasteiger partial charge < -0.3 is 5.11 Å². The molecule has 0 saturated carbocycles. The summed E-state index contributed by atoms with van der Waals surface area (Å²) >= 11 is 2.23. The van der Waals surface area contributed by atoms with E-state index in [4.69, 9.17) is 5.11 Å². The minimum absolute atomic E-state index is 0.137. The van der Waals surface area contributed by atoms with Crippen LogP contribution in [0.3, 0.4) is 0 Å². The molecule has 0 radical (unpaired) electrons. The summed E-state index contributed by atoms with van der Waals surface area (Å²) in [5.74, 6) is 0. The zero-order valence-corrected chi connectivity index (χ0v) is 7.92. The molecule has 54 valence electrons. The molecule has 1 N–H and O–H groups in total. The molecule has 0 atom stereocenters. The SMILES string of the molecule is Cc1ccc(CO)c(I)c1. The predicted molar refractivity (Wildman–Crippen MR) is 49.8 cm³/mol. The Morgan fingerprint density at radius 3 is 2.70 bits per heavy atom. The Kier molecular flexibility index (Phi) is 2.68. The fraction of sp³-hybridized carbons (Fsp3) is 0.250. The summed E-state index contributed by atoms with van der Waals surface area (Å²) in [7, 11) is 0. The number of halogens is 1. The first-order valence-corrected chi connectivity index (χ1v) is 4.18. The van der Waals surface area contributed by atoms with Crippen LogP contribution in [0, 0.1) is 10.5 Å². The highest BCUT2D eigenvalue weighted by Gasteiger charge is 1.95. The van der Waals surface area contributed by atoms with Gasteiger partial charge in [-0.3, -0.25) is 0 Å². The molecule has 0 aliphatic heterocycles. The van der Waals surface area contributed by atoms with E-state index >= 15 is 0 Å². The van der Waals surface area contributed by atoms with Gasteiger partial charge in [-0.2, -0.15) is 0 Å². The van der Waals surface area contributed by atoms with Crippen molar-refractivity contribution in [3.05, 3.63) is 32.9 Å². The van der Waals surface area contributed by atoms with Crippen LogP contribution in [0.5, 0.6) is 0 Å². The molecule has 1 nitrogen and oxygen atoms in total. The van der Waals surface area contributed by atoms with E-state index in [0.717, 1.165) is 9.13 Å². The van der Waals surface area contributed by atoms with Gasteiger partial charge in [-0.1, -0.05) is 17.7 Å². The zero-order valence-electron chi connectivity index (χ0n) is 5.76. The summed E-state index contributed by atoms with van der Waals surface area (Å²) in [5.41, 5.74) is 2.24. The van der Waals surface area contributed by atoms with Crippen LogP contribution >= 0.6 is 22.6 Å². The van der Waals surface area contributed by atoms with Crippen LogP contribution in [0.2, 0.25) is 0 Å². The summed E-state index contributed by atoms with van der Waals surface area (Å²) in [4.78, 5) is 0. The Hall–Kier alpha value is -0.0900. The van der Waals surface area contributed by atoms with Crippen molar-refractivity contribution in [1.82, 2.24) is 0 Å². The summed E-state index contributed by atoms with van der Waals surface area (Å²) in [6.45, 7) is 2.18. The third kappa shape index (κ3) is 1.70. The number of aliphatic hydroxyl groups excluding tert-OH is 1. The molecule has 0 spiro atoms. The number of hydrogen-bond donors (Lipinski definition) is 1. The monoisotopic (exact) mass is 248 g/mol. The lowest BCUT2D eigenvalue weighted by atomic mass is 10.2. The summed E-state index contributed by atoms with van der Waals surface area (Å²) in [5, 5.41) is 8.80. The molecule has 0 bridgehead atoms. The molecule has 0 saturated heterocycles. The maximum atomic E-state index is 8.80. The average molecular weight is 248 g/mol. The van der Waals surface area contributed by atoms with E-state index < -0.39 is 0 Å². The van der Waals surface area contributed by atoms with Gasteiger partial charge in [0.15, 0.2) is 0 Å². The number of hydrogen-bond acceptors (Lipinski definition) is 1. The zero-order chi connectivity index (χ0) is 7.56. The lowest BCUT2D eigenvalue weighted by Gasteiger charge is -1.99. The molecule has 0 heterocycles.